The number of ether oxygens (including phenoxy) is 1. The number of carbonyl (C=O) groups is 1. The van der Waals surface area contributed by atoms with Crippen molar-refractivity contribution in [2.24, 2.45) is 0 Å². The van der Waals surface area contributed by atoms with E-state index in [9.17, 15) is 4.79 Å². The smallest absolute Gasteiger partial charge is 0.323 e. The van der Waals surface area contributed by atoms with E-state index < -0.39 is 5.91 Å². The number of nitrogens with zero attached hydrogens (tertiary/aromatic N) is 2. The summed E-state index contributed by atoms with van der Waals surface area (Å²) in [6.07, 6.45) is 1.40. The monoisotopic (exact) mass is 339 g/mol. The zero-order valence-electron chi connectivity index (χ0n) is 13.2. The SMILES string of the molecule is CCOc1cccc2cc(-c3nnc(NC(=O)c4ccco4)o3)oc12. The Kier molecular flexibility index (Phi) is 3.70. The number of benzene rings is 1. The number of hydrogen-bond donors (Lipinski definition) is 1. The van der Waals surface area contributed by atoms with E-state index in [0.29, 0.717) is 23.7 Å². The first-order chi connectivity index (χ1) is 12.2. The molecule has 4 rings (SSSR count). The fraction of sp³-hybridized carbons (Fsp3) is 0.118. The second-order valence-electron chi connectivity index (χ2n) is 5.06. The average Bonchev–Trinajstić information content (AvgIpc) is 3.35. The number of aromatic nitrogens is 2. The maximum atomic E-state index is 11.9. The van der Waals surface area contributed by atoms with Gasteiger partial charge >= 0.3 is 6.01 Å². The molecule has 8 nitrogen and oxygen atoms in total. The highest BCUT2D eigenvalue weighted by molar-refractivity contribution is 6.00. The number of hydrogen-bond acceptors (Lipinski definition) is 7. The van der Waals surface area contributed by atoms with E-state index in [2.05, 4.69) is 15.5 Å². The molecule has 0 spiro atoms. The lowest BCUT2D eigenvalue weighted by Gasteiger charge is -2.01. The van der Waals surface area contributed by atoms with E-state index in [0.717, 1.165) is 5.39 Å². The fourth-order valence-electron chi connectivity index (χ4n) is 2.35. The van der Waals surface area contributed by atoms with Gasteiger partial charge in [0.2, 0.25) is 0 Å². The third-order valence-electron chi connectivity index (χ3n) is 3.41. The van der Waals surface area contributed by atoms with E-state index >= 15 is 0 Å². The first kappa shape index (κ1) is 15.0. The van der Waals surface area contributed by atoms with Crippen molar-refractivity contribution in [2.45, 2.75) is 6.92 Å². The Bertz CT molecular complexity index is 1020. The van der Waals surface area contributed by atoms with Gasteiger partial charge in [-0.25, -0.2) is 0 Å². The van der Waals surface area contributed by atoms with Crippen molar-refractivity contribution in [3.8, 4) is 17.4 Å². The fourth-order valence-corrected chi connectivity index (χ4v) is 2.35. The van der Waals surface area contributed by atoms with Crippen LogP contribution in [-0.4, -0.2) is 22.7 Å². The standard InChI is InChI=1S/C17H13N3O5/c1-2-22-11-6-3-5-10-9-13(24-14(10)11)16-19-20-17(25-16)18-15(21)12-7-4-8-23-12/h3-9H,2H2,1H3,(H,18,20,21). The zero-order chi connectivity index (χ0) is 17.2. The Morgan fingerprint density at radius 3 is 2.92 bits per heavy atom. The Morgan fingerprint density at radius 1 is 1.20 bits per heavy atom. The van der Waals surface area contributed by atoms with Crippen molar-refractivity contribution < 1.29 is 22.8 Å². The molecule has 0 atom stereocenters. The zero-order valence-corrected chi connectivity index (χ0v) is 13.2. The number of nitrogens with one attached hydrogen (secondary N) is 1. The molecule has 8 heteroatoms. The summed E-state index contributed by atoms with van der Waals surface area (Å²) in [6, 6.07) is 10.4. The highest BCUT2D eigenvalue weighted by atomic mass is 16.5. The molecular formula is C17H13N3O5. The number of furan rings is 2. The topological polar surface area (TPSA) is 104 Å². The van der Waals surface area contributed by atoms with Crippen LogP contribution in [0.3, 0.4) is 0 Å². The van der Waals surface area contributed by atoms with Crippen LogP contribution in [0.4, 0.5) is 6.01 Å². The Balaban J connectivity index is 1.60. The molecule has 3 heterocycles. The number of para-hydroxylation sites is 1. The highest BCUT2D eigenvalue weighted by Gasteiger charge is 2.18. The molecule has 0 aliphatic rings. The summed E-state index contributed by atoms with van der Waals surface area (Å²) in [4.78, 5) is 11.9. The lowest BCUT2D eigenvalue weighted by molar-refractivity contribution is 0.0994. The van der Waals surface area contributed by atoms with E-state index in [-0.39, 0.29) is 17.7 Å². The average molecular weight is 339 g/mol. The van der Waals surface area contributed by atoms with Gasteiger partial charge in [-0.3, -0.25) is 10.1 Å². The van der Waals surface area contributed by atoms with Crippen LogP contribution in [0.2, 0.25) is 0 Å². The van der Waals surface area contributed by atoms with Gasteiger partial charge in [-0.2, -0.15) is 0 Å². The van der Waals surface area contributed by atoms with Gasteiger partial charge in [0, 0.05) is 5.39 Å². The summed E-state index contributed by atoms with van der Waals surface area (Å²) < 4.78 is 21.8. The van der Waals surface area contributed by atoms with Crippen LogP contribution in [-0.2, 0) is 0 Å². The molecule has 25 heavy (non-hydrogen) atoms. The Hall–Kier alpha value is -3.55. The molecule has 0 aliphatic heterocycles. The third kappa shape index (κ3) is 2.85. The van der Waals surface area contributed by atoms with E-state index in [1.54, 1.807) is 12.1 Å². The van der Waals surface area contributed by atoms with Crippen LogP contribution in [0.5, 0.6) is 5.75 Å². The van der Waals surface area contributed by atoms with Crippen LogP contribution < -0.4 is 10.1 Å². The van der Waals surface area contributed by atoms with Gasteiger partial charge in [0.25, 0.3) is 11.8 Å². The molecule has 1 aromatic carbocycles. The minimum atomic E-state index is -0.483. The lowest BCUT2D eigenvalue weighted by Crippen LogP contribution is -2.10. The molecule has 3 aromatic heterocycles. The quantitative estimate of drug-likeness (QED) is 0.591. The predicted molar refractivity (Wildman–Crippen MR) is 87.3 cm³/mol. The minimum Gasteiger partial charge on any atom is -0.490 e. The van der Waals surface area contributed by atoms with Crippen LogP contribution >= 0.6 is 0 Å². The van der Waals surface area contributed by atoms with Gasteiger partial charge in [-0.1, -0.05) is 17.2 Å². The molecule has 0 radical (unpaired) electrons. The Labute approximate surface area is 141 Å². The number of carbonyl (C=O) groups excluding carboxylic acids is 1. The highest BCUT2D eigenvalue weighted by Crippen LogP contribution is 2.33. The van der Waals surface area contributed by atoms with Crippen LogP contribution in [0.1, 0.15) is 17.5 Å². The maximum absolute atomic E-state index is 11.9. The molecule has 0 saturated heterocycles. The van der Waals surface area contributed by atoms with E-state index in [1.165, 1.54) is 12.3 Å². The summed E-state index contributed by atoms with van der Waals surface area (Å²) in [6.45, 7) is 2.42. The van der Waals surface area contributed by atoms with E-state index in [1.807, 2.05) is 25.1 Å². The normalized spacial score (nSPS) is 10.9. The third-order valence-corrected chi connectivity index (χ3v) is 3.41. The van der Waals surface area contributed by atoms with Crippen LogP contribution in [0, 0.1) is 0 Å². The molecule has 126 valence electrons. The van der Waals surface area contributed by atoms with E-state index in [4.69, 9.17) is 18.0 Å². The molecule has 0 aliphatic carbocycles. The van der Waals surface area contributed by atoms with Gasteiger partial charge in [0.05, 0.1) is 12.9 Å². The lowest BCUT2D eigenvalue weighted by atomic mass is 10.2. The van der Waals surface area contributed by atoms with Crippen molar-refractivity contribution in [3.63, 3.8) is 0 Å². The molecule has 0 unspecified atom stereocenters. The van der Waals surface area contributed by atoms with Crippen LogP contribution in [0.15, 0.2) is 55.9 Å². The van der Waals surface area contributed by atoms with Crippen LogP contribution in [0.25, 0.3) is 22.6 Å². The largest absolute Gasteiger partial charge is 0.490 e. The van der Waals surface area contributed by atoms with Gasteiger partial charge in [0.15, 0.2) is 22.9 Å². The second kappa shape index (κ2) is 6.16. The summed E-state index contributed by atoms with van der Waals surface area (Å²) in [5.74, 6) is 0.826. The molecule has 0 saturated carbocycles. The molecule has 4 aromatic rings. The molecule has 0 fully saturated rings. The van der Waals surface area contributed by atoms with Crippen molar-refractivity contribution >= 4 is 22.9 Å². The predicted octanol–water partition coefficient (Wildman–Crippen LogP) is 3.73. The van der Waals surface area contributed by atoms with Crippen molar-refractivity contribution in [1.29, 1.82) is 0 Å². The number of fused-ring (bicyclic) bond motifs is 1. The van der Waals surface area contributed by atoms with Gasteiger partial charge in [-0.05, 0) is 31.2 Å². The minimum absolute atomic E-state index is 0.0538. The maximum Gasteiger partial charge on any atom is 0.323 e. The van der Waals surface area contributed by atoms with Crippen molar-refractivity contribution in [3.05, 3.63) is 48.4 Å². The van der Waals surface area contributed by atoms with Gasteiger partial charge in [-0.15, -0.1) is 5.10 Å². The molecule has 0 bridgehead atoms. The first-order valence-electron chi connectivity index (χ1n) is 7.58. The second-order valence-corrected chi connectivity index (χ2v) is 5.06. The number of rotatable bonds is 5. The molecule has 1 amide bonds. The van der Waals surface area contributed by atoms with Crippen molar-refractivity contribution in [1.82, 2.24) is 10.2 Å². The Morgan fingerprint density at radius 2 is 2.12 bits per heavy atom. The molecular weight excluding hydrogens is 326 g/mol. The number of anilines is 1. The van der Waals surface area contributed by atoms with Gasteiger partial charge < -0.3 is 18.0 Å². The first-order valence-corrected chi connectivity index (χ1v) is 7.58. The van der Waals surface area contributed by atoms with Gasteiger partial charge in [0.1, 0.15) is 0 Å². The summed E-state index contributed by atoms with van der Waals surface area (Å²) >= 11 is 0. The molecule has 1 N–H and O–H groups in total. The summed E-state index contributed by atoms with van der Waals surface area (Å²) in [5.41, 5.74) is 0.596. The number of amides is 1. The van der Waals surface area contributed by atoms with Crippen molar-refractivity contribution in [2.75, 3.05) is 11.9 Å². The summed E-state index contributed by atoms with van der Waals surface area (Å²) in [5, 5.41) is 11.0. The summed E-state index contributed by atoms with van der Waals surface area (Å²) in [7, 11) is 0.